The normalized spacial score (nSPS) is 14.1. The Morgan fingerprint density at radius 3 is 1.76 bits per heavy atom. The molecule has 12 aromatic rings. The van der Waals surface area contributed by atoms with Crippen molar-refractivity contribution >= 4 is 70.5 Å². The van der Waals surface area contributed by atoms with Gasteiger partial charge in [-0.2, -0.15) is 0 Å². The summed E-state index contributed by atoms with van der Waals surface area (Å²) in [5, 5.41) is 4.80. The van der Waals surface area contributed by atoms with Gasteiger partial charge in [0.2, 0.25) is 0 Å². The minimum atomic E-state index is -0.602. The highest BCUT2D eigenvalue weighted by Crippen LogP contribution is 2.58. The van der Waals surface area contributed by atoms with E-state index in [-0.39, 0.29) is 5.41 Å². The van der Waals surface area contributed by atoms with Crippen molar-refractivity contribution in [2.45, 2.75) is 24.7 Å². The summed E-state index contributed by atoms with van der Waals surface area (Å²) in [5.41, 5.74) is 19.4. The van der Waals surface area contributed by atoms with Crippen LogP contribution < -0.4 is 4.90 Å². The summed E-state index contributed by atoms with van der Waals surface area (Å²) < 4.78 is 9.94. The standard InChI is InChI=1S/C64H43NOS/c1-63(2)52-26-10-6-19-45(52)48-38-37-43(39-56(48)63)65(42-35-33-40(34-36-42)44-23-14-24-50-49-22-9-13-32-59(49)67-62(44)50)57-30-16-31-58-60(57)51-25-15-29-55(61(51)66-58)64(41-17-4-3-5-18-41)53-27-11-7-20-46(53)47-21-8-12-28-54(47)64/h3-39H,1-2H3. The molecule has 316 valence electrons. The molecular weight excluding hydrogens is 831 g/mol. The van der Waals surface area contributed by atoms with E-state index in [2.05, 4.69) is 243 Å². The molecule has 0 saturated carbocycles. The lowest BCUT2D eigenvalue weighted by molar-refractivity contribution is 0.648. The first-order valence-corrected chi connectivity index (χ1v) is 24.1. The molecule has 3 heteroatoms. The van der Waals surface area contributed by atoms with Gasteiger partial charge in [0.05, 0.1) is 16.5 Å². The van der Waals surface area contributed by atoms with Crippen molar-refractivity contribution in [1.29, 1.82) is 0 Å². The molecular formula is C64H43NOS. The molecule has 0 bridgehead atoms. The van der Waals surface area contributed by atoms with E-state index in [0.29, 0.717) is 0 Å². The number of nitrogens with zero attached hydrogens (tertiary/aromatic N) is 1. The predicted octanol–water partition coefficient (Wildman–Crippen LogP) is 17.8. The van der Waals surface area contributed by atoms with Crippen LogP contribution in [0.4, 0.5) is 17.1 Å². The number of thiophene rings is 1. The molecule has 2 heterocycles. The van der Waals surface area contributed by atoms with Crippen molar-refractivity contribution in [2.75, 3.05) is 4.90 Å². The van der Waals surface area contributed by atoms with Crippen LogP contribution in [0.15, 0.2) is 229 Å². The Bertz CT molecular complexity index is 3920. The summed E-state index contributed by atoms with van der Waals surface area (Å²) in [6.07, 6.45) is 0. The number of furan rings is 1. The van der Waals surface area contributed by atoms with E-state index >= 15 is 0 Å². The third-order valence-electron chi connectivity index (χ3n) is 15.0. The number of fused-ring (bicyclic) bond motifs is 12. The second-order valence-corrected chi connectivity index (χ2v) is 19.8. The zero-order valence-electron chi connectivity index (χ0n) is 37.1. The van der Waals surface area contributed by atoms with Crippen LogP contribution >= 0.6 is 11.3 Å². The molecule has 0 saturated heterocycles. The molecule has 2 aliphatic carbocycles. The summed E-state index contributed by atoms with van der Waals surface area (Å²) in [4.78, 5) is 2.46. The molecule has 67 heavy (non-hydrogen) atoms. The maximum atomic E-state index is 7.30. The highest BCUT2D eigenvalue weighted by Gasteiger charge is 2.47. The third-order valence-corrected chi connectivity index (χ3v) is 16.2. The fourth-order valence-corrected chi connectivity index (χ4v) is 13.3. The molecule has 2 nitrogen and oxygen atoms in total. The van der Waals surface area contributed by atoms with Gasteiger partial charge in [-0.15, -0.1) is 11.3 Å². The summed E-state index contributed by atoms with van der Waals surface area (Å²) in [7, 11) is 0. The zero-order chi connectivity index (χ0) is 44.4. The molecule has 2 aliphatic rings. The summed E-state index contributed by atoms with van der Waals surface area (Å²) in [6, 6.07) is 82.9. The van der Waals surface area contributed by atoms with Crippen LogP contribution in [0, 0.1) is 0 Å². The average molecular weight is 874 g/mol. The van der Waals surface area contributed by atoms with Gasteiger partial charge in [0.15, 0.2) is 0 Å². The van der Waals surface area contributed by atoms with Gasteiger partial charge in [-0.1, -0.05) is 196 Å². The van der Waals surface area contributed by atoms with E-state index < -0.39 is 5.41 Å². The van der Waals surface area contributed by atoms with E-state index in [1.165, 1.54) is 81.4 Å². The minimum Gasteiger partial charge on any atom is -0.456 e. The number of hydrogen-bond donors (Lipinski definition) is 0. The molecule has 14 rings (SSSR count). The van der Waals surface area contributed by atoms with Crippen molar-refractivity contribution in [3.05, 3.63) is 258 Å². The number of hydrogen-bond acceptors (Lipinski definition) is 3. The van der Waals surface area contributed by atoms with Crippen LogP contribution in [0.5, 0.6) is 0 Å². The van der Waals surface area contributed by atoms with Crippen LogP contribution in [-0.4, -0.2) is 0 Å². The molecule has 10 aromatic carbocycles. The Morgan fingerprint density at radius 1 is 0.418 bits per heavy atom. The zero-order valence-corrected chi connectivity index (χ0v) is 37.9. The quantitative estimate of drug-likeness (QED) is 0.165. The van der Waals surface area contributed by atoms with Gasteiger partial charge in [-0.3, -0.25) is 0 Å². The number of para-hydroxylation sites is 1. The first-order valence-electron chi connectivity index (χ1n) is 23.2. The van der Waals surface area contributed by atoms with Crippen LogP contribution in [0.3, 0.4) is 0 Å². The van der Waals surface area contributed by atoms with Gasteiger partial charge in [0.25, 0.3) is 0 Å². The second-order valence-electron chi connectivity index (χ2n) is 18.7. The molecule has 0 aliphatic heterocycles. The molecule has 0 amide bonds. The van der Waals surface area contributed by atoms with Crippen molar-refractivity contribution in [2.24, 2.45) is 0 Å². The smallest absolute Gasteiger partial charge is 0.140 e. The monoisotopic (exact) mass is 873 g/mol. The Morgan fingerprint density at radius 2 is 0.985 bits per heavy atom. The minimum absolute atomic E-state index is 0.163. The van der Waals surface area contributed by atoms with Crippen LogP contribution in [-0.2, 0) is 10.8 Å². The number of anilines is 3. The largest absolute Gasteiger partial charge is 0.456 e. The van der Waals surface area contributed by atoms with Gasteiger partial charge in [-0.05, 0) is 104 Å². The van der Waals surface area contributed by atoms with Gasteiger partial charge in [0, 0.05) is 47.9 Å². The maximum absolute atomic E-state index is 7.30. The van der Waals surface area contributed by atoms with Crippen LogP contribution in [0.25, 0.3) is 75.5 Å². The Balaban J connectivity index is 1.00. The van der Waals surface area contributed by atoms with Gasteiger partial charge in [0.1, 0.15) is 11.2 Å². The fraction of sp³-hybridized carbons (Fsp3) is 0.0625. The Hall–Kier alpha value is -7.98. The lowest BCUT2D eigenvalue weighted by atomic mass is 9.67. The van der Waals surface area contributed by atoms with Crippen LogP contribution in [0.2, 0.25) is 0 Å². The highest BCUT2D eigenvalue weighted by molar-refractivity contribution is 7.26. The van der Waals surface area contributed by atoms with E-state index in [0.717, 1.165) is 44.6 Å². The third kappa shape index (κ3) is 5.32. The van der Waals surface area contributed by atoms with Crippen molar-refractivity contribution in [3.63, 3.8) is 0 Å². The first-order chi connectivity index (χ1) is 33.0. The predicted molar refractivity (Wildman–Crippen MR) is 282 cm³/mol. The SMILES string of the molecule is CC1(C)c2ccccc2-c2ccc(N(c3ccc(-c4cccc5c4sc4ccccc45)cc3)c3cccc4oc5c(C6(c7ccccc7)c7ccccc7-c7ccccc76)cccc5c34)cc21. The highest BCUT2D eigenvalue weighted by atomic mass is 32.1. The van der Waals surface area contributed by atoms with Gasteiger partial charge < -0.3 is 9.32 Å². The average Bonchev–Trinajstić information content (AvgIpc) is 4.11. The first kappa shape index (κ1) is 38.3. The number of rotatable bonds is 6. The molecule has 2 aromatic heterocycles. The molecule has 0 unspecified atom stereocenters. The molecule has 0 spiro atoms. The van der Waals surface area contributed by atoms with Crippen LogP contribution in [0.1, 0.15) is 47.2 Å². The second kappa shape index (κ2) is 14.3. The maximum Gasteiger partial charge on any atom is 0.140 e. The van der Waals surface area contributed by atoms with E-state index in [4.69, 9.17) is 4.42 Å². The molecule has 0 fully saturated rings. The molecule has 0 N–H and O–H groups in total. The number of benzene rings is 10. The van der Waals surface area contributed by atoms with Crippen molar-refractivity contribution in [1.82, 2.24) is 0 Å². The topological polar surface area (TPSA) is 16.4 Å². The Labute approximate surface area is 393 Å². The molecule has 0 radical (unpaired) electrons. The van der Waals surface area contributed by atoms with Gasteiger partial charge in [-0.25, -0.2) is 0 Å². The lowest BCUT2D eigenvalue weighted by Crippen LogP contribution is -2.28. The van der Waals surface area contributed by atoms with E-state index in [1.54, 1.807) is 0 Å². The van der Waals surface area contributed by atoms with Crippen molar-refractivity contribution in [3.8, 4) is 33.4 Å². The summed E-state index contributed by atoms with van der Waals surface area (Å²) in [5.74, 6) is 0. The molecule has 0 atom stereocenters. The van der Waals surface area contributed by atoms with E-state index in [9.17, 15) is 0 Å². The van der Waals surface area contributed by atoms with Crippen molar-refractivity contribution < 1.29 is 4.42 Å². The summed E-state index contributed by atoms with van der Waals surface area (Å²) in [6.45, 7) is 4.73. The fourth-order valence-electron chi connectivity index (χ4n) is 12.0. The summed E-state index contributed by atoms with van der Waals surface area (Å²) >= 11 is 1.88. The Kier molecular flexibility index (Phi) is 8.15. The van der Waals surface area contributed by atoms with E-state index in [1.807, 2.05) is 11.3 Å². The van der Waals surface area contributed by atoms with Gasteiger partial charge >= 0.3 is 0 Å². The lowest BCUT2D eigenvalue weighted by Gasteiger charge is -2.33.